The number of hydrogen-bond acceptors (Lipinski definition) is 8. The van der Waals surface area contributed by atoms with E-state index in [-0.39, 0.29) is 27.9 Å². The van der Waals surface area contributed by atoms with Gasteiger partial charge < -0.3 is 19.7 Å². The third kappa shape index (κ3) is 7.10. The van der Waals surface area contributed by atoms with E-state index in [1.165, 1.54) is 24.3 Å². The van der Waals surface area contributed by atoms with Gasteiger partial charge in [-0.1, -0.05) is 0 Å². The molecule has 0 aliphatic carbocycles. The molecule has 0 saturated carbocycles. The second-order valence-corrected chi connectivity index (χ2v) is 8.21. The maximum Gasteiger partial charge on any atom is 0.573 e. The Kier molecular flexibility index (Phi) is 7.84. The summed E-state index contributed by atoms with van der Waals surface area (Å²) in [5.74, 6) is -0.968. The topological polar surface area (TPSA) is 134 Å². The van der Waals surface area contributed by atoms with Crippen LogP contribution in [0.15, 0.2) is 53.4 Å². The number of alkyl halides is 3. The molecule has 2 atom stereocenters. The minimum absolute atomic E-state index is 0.0396. The summed E-state index contributed by atoms with van der Waals surface area (Å²) in [4.78, 5) is 10.5. The van der Waals surface area contributed by atoms with Crippen molar-refractivity contribution >= 4 is 16.2 Å². The molecule has 0 fully saturated rings. The van der Waals surface area contributed by atoms with Crippen LogP contribution in [-0.2, 0) is 14.6 Å². The highest BCUT2D eigenvalue weighted by Crippen LogP contribution is 2.28. The summed E-state index contributed by atoms with van der Waals surface area (Å²) in [5.41, 5.74) is 0. The van der Waals surface area contributed by atoms with Gasteiger partial charge in [0.05, 0.1) is 17.3 Å². The predicted octanol–water partition coefficient (Wildman–Crippen LogP) is 1.72. The van der Waals surface area contributed by atoms with Crippen molar-refractivity contribution in [2.24, 2.45) is 0 Å². The van der Waals surface area contributed by atoms with Crippen molar-refractivity contribution in [3.05, 3.63) is 48.5 Å². The van der Waals surface area contributed by atoms with Crippen molar-refractivity contribution < 1.29 is 51.3 Å². The molecule has 2 aromatic rings. The Morgan fingerprint density at radius 2 is 1.48 bits per heavy atom. The van der Waals surface area contributed by atoms with E-state index in [0.29, 0.717) is 0 Å². The number of aliphatic hydroxyl groups excluding tert-OH is 2. The van der Waals surface area contributed by atoms with E-state index in [2.05, 4.69) is 4.74 Å². The van der Waals surface area contributed by atoms with Crippen LogP contribution in [0.2, 0.25) is 0 Å². The van der Waals surface area contributed by atoms with Crippen LogP contribution in [-0.4, -0.2) is 66.2 Å². The van der Waals surface area contributed by atoms with Crippen molar-refractivity contribution in [2.45, 2.75) is 23.4 Å². The van der Waals surface area contributed by atoms with Crippen LogP contribution in [0, 0.1) is 0 Å². The maximum absolute atomic E-state index is 12.5. The van der Waals surface area contributed by atoms with Gasteiger partial charge in [-0.15, -0.1) is 13.2 Å². The van der Waals surface area contributed by atoms with Gasteiger partial charge in [0, 0.05) is 0 Å². The SMILES string of the molecule is O=CN(O)[C@H](CS(=O)(=O)c1ccc(Oc2ccc(OC(F)(F)F)cc2)cc1)[C@H](O)CO. The number of benzene rings is 2. The molecule has 0 heterocycles. The Balaban J connectivity index is 2.10. The second-order valence-electron chi connectivity index (χ2n) is 6.18. The summed E-state index contributed by atoms with van der Waals surface area (Å²) >= 11 is 0. The lowest BCUT2D eigenvalue weighted by molar-refractivity contribution is -0.274. The summed E-state index contributed by atoms with van der Waals surface area (Å²) in [5, 5.41) is 28.1. The van der Waals surface area contributed by atoms with Gasteiger partial charge in [-0.2, -0.15) is 0 Å². The fourth-order valence-corrected chi connectivity index (χ4v) is 4.01. The zero-order chi connectivity index (χ0) is 23.2. The standard InChI is InChI=1S/C18H18F3NO8S/c19-18(20,21)30-14-3-1-12(2-4-14)29-13-5-7-15(8-6-13)31(27,28)10-16(17(25)9-23)22(26)11-24/h1-8,11,16-17,23,25-26H,9-10H2/t16-,17-/m1/s1. The highest BCUT2D eigenvalue weighted by atomic mass is 32.2. The summed E-state index contributed by atoms with van der Waals surface area (Å²) in [6.07, 6.45) is -6.62. The number of ether oxygens (including phenoxy) is 2. The molecule has 0 unspecified atom stereocenters. The second kappa shape index (κ2) is 9.96. The first-order valence-corrected chi connectivity index (χ1v) is 10.2. The number of halogens is 3. The number of carbonyl (C=O) groups excluding carboxylic acids is 1. The van der Waals surface area contributed by atoms with Crippen LogP contribution < -0.4 is 9.47 Å². The molecule has 3 N–H and O–H groups in total. The largest absolute Gasteiger partial charge is 0.573 e. The van der Waals surface area contributed by atoms with Crippen molar-refractivity contribution in [2.75, 3.05) is 12.4 Å². The number of rotatable bonds is 10. The van der Waals surface area contributed by atoms with E-state index >= 15 is 0 Å². The minimum Gasteiger partial charge on any atom is -0.457 e. The number of aliphatic hydroxyl groups is 2. The first-order valence-electron chi connectivity index (χ1n) is 8.53. The molecule has 170 valence electrons. The molecule has 31 heavy (non-hydrogen) atoms. The van der Waals surface area contributed by atoms with Crippen LogP contribution in [0.1, 0.15) is 0 Å². The van der Waals surface area contributed by atoms with Crippen molar-refractivity contribution in [3.63, 3.8) is 0 Å². The summed E-state index contributed by atoms with van der Waals surface area (Å²) in [6, 6.07) is 7.82. The molecule has 0 saturated heterocycles. The van der Waals surface area contributed by atoms with Crippen LogP contribution in [0.3, 0.4) is 0 Å². The van der Waals surface area contributed by atoms with E-state index in [1.807, 2.05) is 0 Å². The summed E-state index contributed by atoms with van der Waals surface area (Å²) in [7, 11) is -4.09. The fourth-order valence-electron chi connectivity index (χ4n) is 2.45. The zero-order valence-corrected chi connectivity index (χ0v) is 16.5. The molecule has 9 nitrogen and oxygen atoms in total. The van der Waals surface area contributed by atoms with E-state index in [9.17, 15) is 36.7 Å². The zero-order valence-electron chi connectivity index (χ0n) is 15.6. The summed E-state index contributed by atoms with van der Waals surface area (Å²) in [6.45, 7) is -0.884. The highest BCUT2D eigenvalue weighted by Gasteiger charge is 2.32. The molecule has 0 radical (unpaired) electrons. The third-order valence-corrected chi connectivity index (χ3v) is 5.72. The Bertz CT molecular complexity index is 965. The van der Waals surface area contributed by atoms with Gasteiger partial charge in [-0.05, 0) is 48.5 Å². The molecule has 1 amide bonds. The van der Waals surface area contributed by atoms with Gasteiger partial charge in [0.25, 0.3) is 0 Å². The lowest BCUT2D eigenvalue weighted by Gasteiger charge is -2.25. The van der Waals surface area contributed by atoms with Crippen molar-refractivity contribution in [1.29, 1.82) is 0 Å². The molecule has 0 aliphatic rings. The van der Waals surface area contributed by atoms with Crippen LogP contribution in [0.25, 0.3) is 0 Å². The van der Waals surface area contributed by atoms with Gasteiger partial charge in [0.2, 0.25) is 6.41 Å². The van der Waals surface area contributed by atoms with Gasteiger partial charge >= 0.3 is 6.36 Å². The number of hydroxylamine groups is 2. The van der Waals surface area contributed by atoms with E-state index < -0.39 is 46.5 Å². The predicted molar refractivity (Wildman–Crippen MR) is 98.3 cm³/mol. The maximum atomic E-state index is 12.5. The number of carbonyl (C=O) groups is 1. The Labute approximate surface area is 174 Å². The first-order chi connectivity index (χ1) is 14.4. The Morgan fingerprint density at radius 1 is 1.00 bits per heavy atom. The Hall–Kier alpha value is -2.87. The molecule has 0 bridgehead atoms. The number of nitrogens with zero attached hydrogens (tertiary/aromatic N) is 1. The molecule has 0 aromatic heterocycles. The minimum atomic E-state index is -4.82. The molecular formula is C18H18F3NO8S. The first kappa shape index (κ1) is 24.4. The van der Waals surface area contributed by atoms with Crippen LogP contribution in [0.4, 0.5) is 13.2 Å². The third-order valence-electron chi connectivity index (χ3n) is 3.95. The van der Waals surface area contributed by atoms with Crippen molar-refractivity contribution in [1.82, 2.24) is 5.06 Å². The van der Waals surface area contributed by atoms with Crippen LogP contribution >= 0.6 is 0 Å². The quantitative estimate of drug-likeness (QED) is 0.274. The normalized spacial score (nSPS) is 13.9. The van der Waals surface area contributed by atoms with Gasteiger partial charge in [-0.3, -0.25) is 10.0 Å². The average Bonchev–Trinajstić information content (AvgIpc) is 2.71. The average molecular weight is 465 g/mol. The number of hydrogen-bond donors (Lipinski definition) is 3. The highest BCUT2D eigenvalue weighted by molar-refractivity contribution is 7.91. The van der Waals surface area contributed by atoms with Gasteiger partial charge in [0.15, 0.2) is 9.84 Å². The monoisotopic (exact) mass is 465 g/mol. The Morgan fingerprint density at radius 3 is 1.94 bits per heavy atom. The molecule has 0 aliphatic heterocycles. The van der Waals surface area contributed by atoms with Gasteiger partial charge in [0.1, 0.15) is 29.4 Å². The lowest BCUT2D eigenvalue weighted by atomic mass is 10.2. The molecule has 2 rings (SSSR count). The number of sulfone groups is 1. The van der Waals surface area contributed by atoms with Crippen molar-refractivity contribution in [3.8, 4) is 17.2 Å². The van der Waals surface area contributed by atoms with Gasteiger partial charge in [-0.25, -0.2) is 13.5 Å². The molecule has 13 heteroatoms. The fraction of sp³-hybridized carbons (Fsp3) is 0.278. The molecule has 2 aromatic carbocycles. The number of amides is 1. The van der Waals surface area contributed by atoms with Crippen LogP contribution in [0.5, 0.6) is 17.2 Å². The smallest absolute Gasteiger partial charge is 0.457 e. The van der Waals surface area contributed by atoms with E-state index in [4.69, 9.17) is 9.84 Å². The van der Waals surface area contributed by atoms with E-state index in [1.54, 1.807) is 0 Å². The lowest BCUT2D eigenvalue weighted by Crippen LogP contribution is -2.47. The van der Waals surface area contributed by atoms with E-state index in [0.717, 1.165) is 24.3 Å². The molecular weight excluding hydrogens is 447 g/mol. The molecule has 0 spiro atoms. The summed E-state index contributed by atoms with van der Waals surface area (Å²) < 4.78 is 70.7.